The Labute approximate surface area is 206 Å². The van der Waals surface area contributed by atoms with Crippen LogP contribution in [0.15, 0.2) is 42.5 Å². The van der Waals surface area contributed by atoms with Crippen molar-refractivity contribution < 1.29 is 14.3 Å². The Balaban J connectivity index is 1.77. The van der Waals surface area contributed by atoms with Crippen LogP contribution in [0.25, 0.3) is 0 Å². The molecule has 0 heterocycles. The van der Waals surface area contributed by atoms with Crippen molar-refractivity contribution >= 4 is 35.0 Å². The van der Waals surface area contributed by atoms with Crippen LogP contribution >= 0.6 is 23.2 Å². The summed E-state index contributed by atoms with van der Waals surface area (Å²) in [6, 6.07) is 12.2. The minimum Gasteiger partial charge on any atom is -0.484 e. The van der Waals surface area contributed by atoms with Gasteiger partial charge >= 0.3 is 0 Å². The van der Waals surface area contributed by atoms with E-state index in [2.05, 4.69) is 5.32 Å². The minimum absolute atomic E-state index is 0.127. The van der Waals surface area contributed by atoms with Crippen LogP contribution in [0.1, 0.15) is 56.6 Å². The minimum atomic E-state index is -0.618. The summed E-state index contributed by atoms with van der Waals surface area (Å²) in [4.78, 5) is 28.1. The highest BCUT2D eigenvalue weighted by atomic mass is 35.5. The van der Waals surface area contributed by atoms with Gasteiger partial charge in [0.15, 0.2) is 6.61 Å². The normalized spacial score (nSPS) is 15.0. The lowest BCUT2D eigenvalue weighted by molar-refractivity contribution is -0.143. The summed E-state index contributed by atoms with van der Waals surface area (Å²) < 4.78 is 5.74. The van der Waals surface area contributed by atoms with Crippen LogP contribution in [0.5, 0.6) is 5.75 Å². The Bertz CT molecular complexity index is 943. The van der Waals surface area contributed by atoms with Crippen LogP contribution in [0.2, 0.25) is 10.0 Å². The summed E-state index contributed by atoms with van der Waals surface area (Å²) in [6.07, 6.45) is 5.90. The first-order chi connectivity index (χ1) is 15.9. The van der Waals surface area contributed by atoms with E-state index in [-0.39, 0.29) is 31.0 Å². The number of nitrogens with zero attached hydrogens (tertiary/aromatic N) is 1. The summed E-state index contributed by atoms with van der Waals surface area (Å²) >= 11 is 12.4. The molecule has 0 aromatic heterocycles. The van der Waals surface area contributed by atoms with E-state index in [1.807, 2.05) is 38.1 Å². The quantitative estimate of drug-likeness (QED) is 0.473. The number of amides is 2. The van der Waals surface area contributed by atoms with Crippen LogP contribution in [-0.4, -0.2) is 35.4 Å². The monoisotopic (exact) mass is 490 g/mol. The van der Waals surface area contributed by atoms with Crippen molar-refractivity contribution in [1.82, 2.24) is 10.2 Å². The number of hydrogen-bond acceptors (Lipinski definition) is 3. The number of ether oxygens (including phenoxy) is 1. The van der Waals surface area contributed by atoms with Gasteiger partial charge in [0.25, 0.3) is 5.91 Å². The molecule has 0 saturated heterocycles. The molecule has 0 radical (unpaired) electrons. The van der Waals surface area contributed by atoms with Crippen LogP contribution in [0.3, 0.4) is 0 Å². The second kappa shape index (κ2) is 12.3. The van der Waals surface area contributed by atoms with E-state index in [4.69, 9.17) is 27.9 Å². The first-order valence-electron chi connectivity index (χ1n) is 11.6. The van der Waals surface area contributed by atoms with Crippen molar-refractivity contribution in [2.24, 2.45) is 0 Å². The highest BCUT2D eigenvalue weighted by Crippen LogP contribution is 2.24. The largest absolute Gasteiger partial charge is 0.484 e. The topological polar surface area (TPSA) is 58.6 Å². The van der Waals surface area contributed by atoms with Gasteiger partial charge in [-0.25, -0.2) is 0 Å². The van der Waals surface area contributed by atoms with Crippen molar-refractivity contribution in [3.8, 4) is 5.75 Å². The average molecular weight is 491 g/mol. The van der Waals surface area contributed by atoms with Crippen molar-refractivity contribution in [3.63, 3.8) is 0 Å². The van der Waals surface area contributed by atoms with E-state index in [0.717, 1.165) is 36.8 Å². The van der Waals surface area contributed by atoms with E-state index in [9.17, 15) is 9.59 Å². The molecule has 0 unspecified atom stereocenters. The van der Waals surface area contributed by atoms with Gasteiger partial charge in [-0.15, -0.1) is 0 Å². The molecule has 1 saturated carbocycles. The predicted octanol–water partition coefficient (Wildman–Crippen LogP) is 5.94. The second-order valence-corrected chi connectivity index (χ2v) is 9.47. The molecule has 5 nitrogen and oxygen atoms in total. The number of aryl methyl sites for hydroxylation is 1. The molecule has 33 heavy (non-hydrogen) atoms. The summed E-state index contributed by atoms with van der Waals surface area (Å²) in [6.45, 7) is 3.93. The lowest BCUT2D eigenvalue weighted by Crippen LogP contribution is -2.52. The van der Waals surface area contributed by atoms with E-state index in [1.54, 1.807) is 23.1 Å². The van der Waals surface area contributed by atoms with Gasteiger partial charge in [-0.1, -0.05) is 73.2 Å². The summed E-state index contributed by atoms with van der Waals surface area (Å²) in [5.74, 6) is 0.212. The molecule has 7 heteroatoms. The highest BCUT2D eigenvalue weighted by Gasteiger charge is 2.31. The van der Waals surface area contributed by atoms with Crippen LogP contribution < -0.4 is 10.1 Å². The third kappa shape index (κ3) is 7.38. The van der Waals surface area contributed by atoms with Gasteiger partial charge in [-0.05, 0) is 56.0 Å². The van der Waals surface area contributed by atoms with Crippen molar-refractivity contribution in [2.45, 2.75) is 71.0 Å². The molecule has 1 aliphatic carbocycles. The number of hydrogen-bond donors (Lipinski definition) is 1. The molecule has 0 bridgehead atoms. The van der Waals surface area contributed by atoms with Gasteiger partial charge in [0.2, 0.25) is 5.91 Å². The zero-order valence-corrected chi connectivity index (χ0v) is 20.8. The Morgan fingerprint density at radius 3 is 2.42 bits per heavy atom. The third-order valence-corrected chi connectivity index (χ3v) is 6.66. The molecule has 2 amide bonds. The molecular weight excluding hydrogens is 459 g/mol. The third-order valence-electron chi connectivity index (χ3n) is 6.08. The van der Waals surface area contributed by atoms with Gasteiger partial charge in [-0.3, -0.25) is 9.59 Å². The maximum atomic E-state index is 13.3. The first-order valence-corrected chi connectivity index (χ1v) is 12.4. The average Bonchev–Trinajstić information content (AvgIpc) is 2.80. The van der Waals surface area contributed by atoms with E-state index in [1.165, 1.54) is 6.42 Å². The smallest absolute Gasteiger partial charge is 0.261 e. The SMILES string of the molecule is CC[C@H](C(=O)NC1CCCCC1)N(Cc1ccc(Cl)cc1Cl)C(=O)COc1ccc(C)cc1. The number of carbonyl (C=O) groups is 2. The zero-order valence-electron chi connectivity index (χ0n) is 19.3. The van der Waals surface area contributed by atoms with Crippen LogP contribution in [0, 0.1) is 6.92 Å². The maximum Gasteiger partial charge on any atom is 0.261 e. The van der Waals surface area contributed by atoms with Crippen LogP contribution in [-0.2, 0) is 16.1 Å². The standard InChI is InChI=1S/C26H32Cl2N2O3/c1-3-24(26(32)29-21-7-5-4-6-8-21)30(16-19-11-12-20(27)15-23(19)28)25(31)17-33-22-13-9-18(2)10-14-22/h9-15,21,24H,3-8,16-17H2,1-2H3,(H,29,32)/t24-/m1/s1. The highest BCUT2D eigenvalue weighted by molar-refractivity contribution is 6.35. The van der Waals surface area contributed by atoms with Gasteiger partial charge in [0.05, 0.1) is 0 Å². The molecule has 0 aliphatic heterocycles. The summed E-state index contributed by atoms with van der Waals surface area (Å²) in [7, 11) is 0. The number of carbonyl (C=O) groups excluding carboxylic acids is 2. The second-order valence-electron chi connectivity index (χ2n) is 8.63. The van der Waals surface area contributed by atoms with Gasteiger partial charge in [0, 0.05) is 22.6 Å². The molecule has 2 aromatic carbocycles. The van der Waals surface area contributed by atoms with E-state index in [0.29, 0.717) is 22.2 Å². The number of nitrogens with one attached hydrogen (secondary N) is 1. The van der Waals surface area contributed by atoms with Gasteiger partial charge in [0.1, 0.15) is 11.8 Å². The number of benzene rings is 2. The fourth-order valence-corrected chi connectivity index (χ4v) is 4.63. The number of rotatable bonds is 9. The Kier molecular flexibility index (Phi) is 9.45. The van der Waals surface area contributed by atoms with E-state index < -0.39 is 6.04 Å². The van der Waals surface area contributed by atoms with Crippen molar-refractivity contribution in [2.75, 3.05) is 6.61 Å². The molecular formula is C26H32Cl2N2O3. The van der Waals surface area contributed by atoms with Gasteiger partial charge < -0.3 is 15.0 Å². The molecule has 178 valence electrons. The van der Waals surface area contributed by atoms with Crippen LogP contribution in [0.4, 0.5) is 0 Å². The lowest BCUT2D eigenvalue weighted by atomic mass is 9.95. The number of halogens is 2. The fourth-order valence-electron chi connectivity index (χ4n) is 4.16. The molecule has 2 aromatic rings. The molecule has 0 spiro atoms. The Morgan fingerprint density at radius 1 is 1.09 bits per heavy atom. The molecule has 3 rings (SSSR count). The fraction of sp³-hybridized carbons (Fsp3) is 0.462. The maximum absolute atomic E-state index is 13.3. The summed E-state index contributed by atoms with van der Waals surface area (Å²) in [5.41, 5.74) is 1.84. The predicted molar refractivity (Wildman–Crippen MR) is 133 cm³/mol. The molecule has 1 N–H and O–H groups in total. The molecule has 1 aliphatic rings. The Hall–Kier alpha value is -2.24. The van der Waals surface area contributed by atoms with Crippen molar-refractivity contribution in [3.05, 3.63) is 63.6 Å². The Morgan fingerprint density at radius 2 is 1.79 bits per heavy atom. The van der Waals surface area contributed by atoms with Crippen molar-refractivity contribution in [1.29, 1.82) is 0 Å². The molecule has 1 fully saturated rings. The van der Waals surface area contributed by atoms with Gasteiger partial charge in [-0.2, -0.15) is 0 Å². The first kappa shape index (κ1) is 25.4. The summed E-state index contributed by atoms with van der Waals surface area (Å²) in [5, 5.41) is 4.15. The lowest BCUT2D eigenvalue weighted by Gasteiger charge is -2.33. The van der Waals surface area contributed by atoms with E-state index >= 15 is 0 Å². The zero-order chi connectivity index (χ0) is 23.8. The molecule has 1 atom stereocenters.